The molecule has 148 valence electrons. The van der Waals surface area contributed by atoms with Crippen LogP contribution in [-0.2, 0) is 11.3 Å². The van der Waals surface area contributed by atoms with E-state index in [1.165, 1.54) is 5.56 Å². The van der Waals surface area contributed by atoms with E-state index in [1.807, 2.05) is 21.6 Å². The molecule has 1 N–H and O–H groups in total. The monoisotopic (exact) mass is 399 g/mol. The van der Waals surface area contributed by atoms with Gasteiger partial charge in [-0.3, -0.25) is 14.9 Å². The van der Waals surface area contributed by atoms with Crippen LogP contribution in [0.5, 0.6) is 0 Å². The van der Waals surface area contributed by atoms with E-state index in [0.29, 0.717) is 5.92 Å². The van der Waals surface area contributed by atoms with Gasteiger partial charge in [0.2, 0.25) is 5.91 Å². The van der Waals surface area contributed by atoms with Gasteiger partial charge in [-0.05, 0) is 36.8 Å². The van der Waals surface area contributed by atoms with Gasteiger partial charge in [0.15, 0.2) is 0 Å². The zero-order valence-corrected chi connectivity index (χ0v) is 16.6. The number of halogens is 1. The highest BCUT2D eigenvalue weighted by Gasteiger charge is 2.39. The Kier molecular flexibility index (Phi) is 5.30. The lowest BCUT2D eigenvalue weighted by molar-refractivity contribution is -0.135. The molecule has 4 heterocycles. The van der Waals surface area contributed by atoms with E-state index in [4.69, 9.17) is 0 Å². The van der Waals surface area contributed by atoms with Gasteiger partial charge in [-0.15, -0.1) is 12.4 Å². The fraction of sp³-hybridized carbons (Fsp3) is 0.455. The van der Waals surface area contributed by atoms with Gasteiger partial charge in [-0.25, -0.2) is 0 Å². The third-order valence-electron chi connectivity index (χ3n) is 6.44. The summed E-state index contributed by atoms with van der Waals surface area (Å²) in [7, 11) is 0. The second-order valence-corrected chi connectivity index (χ2v) is 8.20. The zero-order chi connectivity index (χ0) is 18.4. The van der Waals surface area contributed by atoms with Crippen molar-refractivity contribution in [3.8, 4) is 0 Å². The number of carbonyl (C=O) groups excluding carboxylic acids is 1. The Bertz CT molecular complexity index is 913. The van der Waals surface area contributed by atoms with Crippen molar-refractivity contribution in [2.45, 2.75) is 43.8 Å². The molecule has 5 rings (SSSR count). The highest BCUT2D eigenvalue weighted by Crippen LogP contribution is 2.36. The summed E-state index contributed by atoms with van der Waals surface area (Å²) in [5.74, 6) is 0.892. The molecule has 4 atom stereocenters. The van der Waals surface area contributed by atoms with Crippen LogP contribution < -0.4 is 10.9 Å². The predicted molar refractivity (Wildman–Crippen MR) is 111 cm³/mol. The Morgan fingerprint density at radius 3 is 2.61 bits per heavy atom. The number of hydrogen-bond donors (Lipinski definition) is 1. The molecule has 0 unspecified atom stereocenters. The van der Waals surface area contributed by atoms with Crippen molar-refractivity contribution >= 4 is 18.3 Å². The molecule has 1 amide bonds. The van der Waals surface area contributed by atoms with E-state index in [9.17, 15) is 9.59 Å². The molecule has 0 radical (unpaired) electrons. The van der Waals surface area contributed by atoms with Crippen molar-refractivity contribution < 1.29 is 4.79 Å². The summed E-state index contributed by atoms with van der Waals surface area (Å²) in [6, 6.07) is 16.1. The van der Waals surface area contributed by atoms with Gasteiger partial charge in [-0.1, -0.05) is 36.4 Å². The molecular formula is C22H26ClN3O2. The maximum Gasteiger partial charge on any atom is 0.250 e. The zero-order valence-electron chi connectivity index (χ0n) is 15.8. The summed E-state index contributed by atoms with van der Waals surface area (Å²) in [4.78, 5) is 27.4. The highest BCUT2D eigenvalue weighted by molar-refractivity contribution is 5.85. The van der Waals surface area contributed by atoms with E-state index in [2.05, 4.69) is 35.6 Å². The number of carbonyl (C=O) groups is 1. The molecule has 2 bridgehead atoms. The fourth-order valence-electron chi connectivity index (χ4n) is 5.18. The van der Waals surface area contributed by atoms with Crippen molar-refractivity contribution in [2.24, 2.45) is 5.92 Å². The van der Waals surface area contributed by atoms with Crippen LogP contribution in [0.25, 0.3) is 0 Å². The Hall–Kier alpha value is -2.11. The molecule has 3 aliphatic rings. The van der Waals surface area contributed by atoms with Crippen LogP contribution in [0, 0.1) is 5.92 Å². The number of likely N-dealkylation sites (tertiary alicyclic amines) is 1. The number of nitrogens with one attached hydrogen (secondary N) is 1. The van der Waals surface area contributed by atoms with Gasteiger partial charge in [0.25, 0.3) is 5.56 Å². The summed E-state index contributed by atoms with van der Waals surface area (Å²) >= 11 is 0. The molecule has 6 heteroatoms. The number of amides is 1. The maximum absolute atomic E-state index is 13.2. The van der Waals surface area contributed by atoms with Crippen molar-refractivity contribution in [2.75, 3.05) is 13.1 Å². The molecule has 28 heavy (non-hydrogen) atoms. The third-order valence-corrected chi connectivity index (χ3v) is 6.44. The molecule has 5 nitrogen and oxygen atoms in total. The molecule has 2 aromatic rings. The lowest BCUT2D eigenvalue weighted by atomic mass is 9.83. The lowest BCUT2D eigenvalue weighted by Gasteiger charge is -2.43. The average molecular weight is 400 g/mol. The van der Waals surface area contributed by atoms with E-state index in [0.717, 1.165) is 44.6 Å². The van der Waals surface area contributed by atoms with Crippen LogP contribution in [0.2, 0.25) is 0 Å². The molecule has 2 fully saturated rings. The van der Waals surface area contributed by atoms with E-state index in [1.54, 1.807) is 6.07 Å². The van der Waals surface area contributed by atoms with Gasteiger partial charge in [0.1, 0.15) is 0 Å². The molecule has 1 aromatic carbocycles. The van der Waals surface area contributed by atoms with E-state index >= 15 is 0 Å². The van der Waals surface area contributed by atoms with E-state index < -0.39 is 0 Å². The van der Waals surface area contributed by atoms with Crippen LogP contribution in [0.1, 0.15) is 42.5 Å². The van der Waals surface area contributed by atoms with Crippen LogP contribution in [0.4, 0.5) is 0 Å². The largest absolute Gasteiger partial charge is 0.340 e. The number of piperidine rings is 1. The standard InChI is InChI=1S/C22H25N3O2.ClH/c26-21-8-4-7-20-17-11-15(13-25(20)21)12-24(14-17)22(27)19-10-9-18(23-19)16-5-2-1-3-6-16;/h1-8,15,17-19,23H,9-14H2;1H/t15-,17+,18+,19+;/m0./s1. The number of hydrogen-bond acceptors (Lipinski definition) is 3. The summed E-state index contributed by atoms with van der Waals surface area (Å²) in [5.41, 5.74) is 2.44. The second kappa shape index (κ2) is 7.72. The number of benzene rings is 1. The number of aromatic nitrogens is 1. The quantitative estimate of drug-likeness (QED) is 0.844. The van der Waals surface area contributed by atoms with Crippen molar-refractivity contribution in [1.82, 2.24) is 14.8 Å². The highest BCUT2D eigenvalue weighted by atomic mass is 35.5. The molecule has 1 aromatic heterocycles. The van der Waals surface area contributed by atoms with Gasteiger partial charge in [0.05, 0.1) is 6.04 Å². The molecule has 0 spiro atoms. The van der Waals surface area contributed by atoms with E-state index in [-0.39, 0.29) is 41.9 Å². The number of rotatable bonds is 2. The first-order chi connectivity index (χ1) is 13.2. The SMILES string of the molecule is Cl.O=C([C@H]1CC[C@H](c2ccccc2)N1)N1C[C@@H]2C[C@H](C1)c1cccc(=O)n1C2. The number of nitrogens with zero attached hydrogens (tertiary/aromatic N) is 2. The Morgan fingerprint density at radius 2 is 1.79 bits per heavy atom. The normalized spacial score (nSPS) is 28.4. The first-order valence-electron chi connectivity index (χ1n) is 9.98. The molecule has 0 saturated carbocycles. The average Bonchev–Trinajstić information content (AvgIpc) is 3.19. The van der Waals surface area contributed by atoms with Crippen LogP contribution in [-0.4, -0.2) is 34.5 Å². The Morgan fingerprint density at radius 1 is 0.964 bits per heavy atom. The van der Waals surface area contributed by atoms with Gasteiger partial charge in [-0.2, -0.15) is 0 Å². The molecule has 0 aliphatic carbocycles. The predicted octanol–water partition coefficient (Wildman–Crippen LogP) is 2.71. The van der Waals surface area contributed by atoms with Crippen molar-refractivity contribution in [1.29, 1.82) is 0 Å². The van der Waals surface area contributed by atoms with Crippen molar-refractivity contribution in [3.05, 3.63) is 70.1 Å². The minimum absolute atomic E-state index is 0. The number of fused-ring (bicyclic) bond motifs is 4. The molecule has 2 saturated heterocycles. The molecule has 3 aliphatic heterocycles. The summed E-state index contributed by atoms with van der Waals surface area (Å²) < 4.78 is 1.92. The van der Waals surface area contributed by atoms with Crippen molar-refractivity contribution in [3.63, 3.8) is 0 Å². The van der Waals surface area contributed by atoms with Gasteiger partial charge < -0.3 is 9.47 Å². The minimum atomic E-state index is -0.0907. The third kappa shape index (κ3) is 3.38. The summed E-state index contributed by atoms with van der Waals surface area (Å²) in [6.07, 6.45) is 2.97. The Balaban J connectivity index is 0.00000192. The summed E-state index contributed by atoms with van der Waals surface area (Å²) in [6.45, 7) is 2.23. The minimum Gasteiger partial charge on any atom is -0.340 e. The van der Waals surface area contributed by atoms with Gasteiger partial charge in [0, 0.05) is 43.4 Å². The van der Waals surface area contributed by atoms with Gasteiger partial charge >= 0.3 is 0 Å². The summed E-state index contributed by atoms with van der Waals surface area (Å²) in [5, 5.41) is 3.55. The van der Waals surface area contributed by atoms with Crippen LogP contribution in [0.15, 0.2) is 53.3 Å². The first-order valence-corrected chi connectivity index (χ1v) is 9.98. The Labute approximate surface area is 171 Å². The van der Waals surface area contributed by atoms with Crippen LogP contribution in [0.3, 0.4) is 0 Å². The second-order valence-electron chi connectivity index (χ2n) is 8.20. The fourth-order valence-corrected chi connectivity index (χ4v) is 5.18. The maximum atomic E-state index is 13.2. The van der Waals surface area contributed by atoms with Crippen LogP contribution >= 0.6 is 12.4 Å². The smallest absolute Gasteiger partial charge is 0.250 e. The molecular weight excluding hydrogens is 374 g/mol. The lowest BCUT2D eigenvalue weighted by Crippen LogP contribution is -2.53. The first kappa shape index (κ1) is 19.2. The number of pyridine rings is 1. The topological polar surface area (TPSA) is 54.3 Å².